The summed E-state index contributed by atoms with van der Waals surface area (Å²) in [5.41, 5.74) is 4.14. The summed E-state index contributed by atoms with van der Waals surface area (Å²) in [5.74, 6) is -0.175. The number of rotatable bonds is 5. The van der Waals surface area contributed by atoms with Crippen molar-refractivity contribution in [2.75, 3.05) is 5.32 Å². The molecule has 160 valence electrons. The molecule has 4 aromatic rings. The number of nitrogens with one attached hydrogen (secondary N) is 1. The van der Waals surface area contributed by atoms with Crippen molar-refractivity contribution in [1.82, 2.24) is 24.8 Å². The normalized spacial score (nSPS) is 10.7. The van der Waals surface area contributed by atoms with E-state index in [2.05, 4.69) is 26.8 Å². The van der Waals surface area contributed by atoms with Gasteiger partial charge in [-0.2, -0.15) is 10.1 Å². The Hall–Kier alpha value is -4.32. The fourth-order valence-corrected chi connectivity index (χ4v) is 3.43. The van der Waals surface area contributed by atoms with Crippen molar-refractivity contribution in [3.8, 4) is 23.1 Å². The second kappa shape index (κ2) is 8.43. The molecule has 1 amide bonds. The number of nitriles is 1. The molecule has 2 heterocycles. The molecule has 0 spiro atoms. The van der Waals surface area contributed by atoms with Crippen LogP contribution in [-0.2, 0) is 11.3 Å². The topological polar surface area (TPSA) is 101 Å². The highest BCUT2D eigenvalue weighted by atomic mass is 19.1. The molecule has 0 unspecified atom stereocenters. The highest BCUT2D eigenvalue weighted by Gasteiger charge is 2.21. The van der Waals surface area contributed by atoms with E-state index in [0.717, 1.165) is 16.8 Å². The summed E-state index contributed by atoms with van der Waals surface area (Å²) in [7, 11) is 0. The predicted molar refractivity (Wildman–Crippen MR) is 117 cm³/mol. The third-order valence-corrected chi connectivity index (χ3v) is 5.20. The average Bonchev–Trinajstić information content (AvgIpc) is 3.31. The largest absolute Gasteiger partial charge is 0.309 e. The Morgan fingerprint density at radius 1 is 1.16 bits per heavy atom. The molecule has 2 aromatic carbocycles. The lowest BCUT2D eigenvalue weighted by Crippen LogP contribution is -2.22. The first-order valence-corrected chi connectivity index (χ1v) is 9.90. The Morgan fingerprint density at radius 3 is 2.59 bits per heavy atom. The second-order valence-electron chi connectivity index (χ2n) is 7.42. The van der Waals surface area contributed by atoms with Gasteiger partial charge in [0, 0.05) is 11.3 Å². The molecule has 2 aromatic heterocycles. The van der Waals surface area contributed by atoms with Crippen molar-refractivity contribution in [3.05, 3.63) is 76.7 Å². The maximum Gasteiger partial charge on any atom is 0.249 e. The van der Waals surface area contributed by atoms with Crippen molar-refractivity contribution in [3.63, 3.8) is 0 Å². The molecule has 0 aliphatic carbocycles. The van der Waals surface area contributed by atoms with Crippen LogP contribution in [0.1, 0.15) is 22.4 Å². The van der Waals surface area contributed by atoms with Crippen molar-refractivity contribution in [2.45, 2.75) is 27.3 Å². The van der Waals surface area contributed by atoms with Gasteiger partial charge in [-0.3, -0.25) is 9.36 Å². The number of anilines is 1. The first kappa shape index (κ1) is 20.9. The lowest BCUT2D eigenvalue weighted by molar-refractivity contribution is -0.117. The molecule has 0 saturated carbocycles. The fourth-order valence-electron chi connectivity index (χ4n) is 3.43. The SMILES string of the molecule is Cc1ccc(-c2nnn(CC(=O)Nc3c(C#N)c(C)c(C)n3-c3cccc(F)c3)n2)cc1. The van der Waals surface area contributed by atoms with E-state index in [0.29, 0.717) is 22.6 Å². The predicted octanol–water partition coefficient (Wildman–Crippen LogP) is 3.71. The van der Waals surface area contributed by atoms with E-state index in [1.54, 1.807) is 23.6 Å². The van der Waals surface area contributed by atoms with Crippen LogP contribution in [0.5, 0.6) is 0 Å². The molecular formula is C23H20FN7O. The molecule has 0 bridgehead atoms. The first-order valence-electron chi connectivity index (χ1n) is 9.90. The number of aryl methyl sites for hydroxylation is 1. The van der Waals surface area contributed by atoms with Gasteiger partial charge in [-0.15, -0.1) is 10.2 Å². The fraction of sp³-hybridized carbons (Fsp3) is 0.174. The van der Waals surface area contributed by atoms with Crippen LogP contribution in [-0.4, -0.2) is 30.7 Å². The summed E-state index contributed by atoms with van der Waals surface area (Å²) in [6.07, 6.45) is 0. The molecule has 0 fully saturated rings. The molecule has 9 heteroatoms. The minimum Gasteiger partial charge on any atom is -0.309 e. The number of nitrogens with zero attached hydrogens (tertiary/aromatic N) is 6. The van der Waals surface area contributed by atoms with E-state index in [4.69, 9.17) is 0 Å². The van der Waals surface area contributed by atoms with Gasteiger partial charge in [-0.05, 0) is 49.7 Å². The van der Waals surface area contributed by atoms with Crippen LogP contribution >= 0.6 is 0 Å². The Kier molecular flexibility index (Phi) is 5.52. The molecule has 0 aliphatic rings. The molecule has 4 rings (SSSR count). The number of aromatic nitrogens is 5. The van der Waals surface area contributed by atoms with Crippen molar-refractivity contribution in [2.24, 2.45) is 0 Å². The molecule has 32 heavy (non-hydrogen) atoms. The van der Waals surface area contributed by atoms with Gasteiger partial charge in [0.25, 0.3) is 0 Å². The Labute approximate surface area is 183 Å². The summed E-state index contributed by atoms with van der Waals surface area (Å²) in [4.78, 5) is 14.0. The van der Waals surface area contributed by atoms with E-state index >= 15 is 0 Å². The van der Waals surface area contributed by atoms with E-state index in [-0.39, 0.29) is 12.4 Å². The maximum absolute atomic E-state index is 13.8. The number of halogens is 1. The van der Waals surface area contributed by atoms with E-state index in [1.807, 2.05) is 38.1 Å². The second-order valence-corrected chi connectivity index (χ2v) is 7.42. The Balaban J connectivity index is 1.61. The lowest BCUT2D eigenvalue weighted by Gasteiger charge is -2.13. The number of tetrazole rings is 1. The van der Waals surface area contributed by atoms with E-state index < -0.39 is 11.7 Å². The minimum absolute atomic E-state index is 0.198. The van der Waals surface area contributed by atoms with Gasteiger partial charge >= 0.3 is 0 Å². The average molecular weight is 429 g/mol. The van der Waals surface area contributed by atoms with Gasteiger partial charge in [0.2, 0.25) is 11.7 Å². The van der Waals surface area contributed by atoms with Crippen LogP contribution < -0.4 is 5.32 Å². The summed E-state index contributed by atoms with van der Waals surface area (Å²) < 4.78 is 15.5. The highest BCUT2D eigenvalue weighted by molar-refractivity contribution is 5.92. The minimum atomic E-state index is -0.440. The van der Waals surface area contributed by atoms with Gasteiger partial charge in [0.15, 0.2) is 0 Å². The van der Waals surface area contributed by atoms with E-state index in [9.17, 15) is 14.4 Å². The molecule has 0 saturated heterocycles. The van der Waals surface area contributed by atoms with Crippen molar-refractivity contribution >= 4 is 11.7 Å². The van der Waals surface area contributed by atoms with E-state index in [1.165, 1.54) is 16.9 Å². The van der Waals surface area contributed by atoms with Gasteiger partial charge < -0.3 is 5.32 Å². The summed E-state index contributed by atoms with van der Waals surface area (Å²) in [6, 6.07) is 15.7. The Morgan fingerprint density at radius 2 is 1.91 bits per heavy atom. The summed E-state index contributed by atoms with van der Waals surface area (Å²) in [5, 5.41) is 24.6. The van der Waals surface area contributed by atoms with Gasteiger partial charge in [0.05, 0.1) is 11.3 Å². The molecule has 1 N–H and O–H groups in total. The number of amides is 1. The van der Waals surface area contributed by atoms with Crippen LogP contribution in [0.2, 0.25) is 0 Å². The van der Waals surface area contributed by atoms with Crippen LogP contribution in [0.4, 0.5) is 10.2 Å². The Bertz CT molecular complexity index is 1350. The quantitative estimate of drug-likeness (QED) is 0.521. The first-order chi connectivity index (χ1) is 15.4. The number of carbonyl (C=O) groups excluding carboxylic acids is 1. The summed E-state index contributed by atoms with van der Waals surface area (Å²) in [6.45, 7) is 5.38. The zero-order valence-corrected chi connectivity index (χ0v) is 17.8. The molecule has 0 aliphatic heterocycles. The molecule has 8 nitrogen and oxygen atoms in total. The molecule has 0 atom stereocenters. The lowest BCUT2D eigenvalue weighted by atomic mass is 10.1. The number of hydrogen-bond acceptors (Lipinski definition) is 5. The summed E-state index contributed by atoms with van der Waals surface area (Å²) >= 11 is 0. The smallest absolute Gasteiger partial charge is 0.249 e. The zero-order chi connectivity index (χ0) is 22.8. The number of carbonyl (C=O) groups is 1. The zero-order valence-electron chi connectivity index (χ0n) is 17.8. The molecular weight excluding hydrogens is 409 g/mol. The van der Waals surface area contributed by atoms with Crippen LogP contribution in [0.3, 0.4) is 0 Å². The standard InChI is InChI=1S/C23H20FN7O/c1-14-7-9-17(10-8-14)22-27-29-30(28-22)13-21(32)26-23-20(12-25)15(2)16(3)31(23)19-6-4-5-18(24)11-19/h4-11H,13H2,1-3H3,(H,26,32). The third kappa shape index (κ3) is 3.98. The van der Waals surface area contributed by atoms with Gasteiger partial charge in [-0.1, -0.05) is 35.9 Å². The third-order valence-electron chi connectivity index (χ3n) is 5.20. The monoisotopic (exact) mass is 429 g/mol. The highest BCUT2D eigenvalue weighted by Crippen LogP contribution is 2.30. The van der Waals surface area contributed by atoms with Crippen molar-refractivity contribution < 1.29 is 9.18 Å². The van der Waals surface area contributed by atoms with Crippen LogP contribution in [0.15, 0.2) is 48.5 Å². The number of hydrogen-bond donors (Lipinski definition) is 1. The van der Waals surface area contributed by atoms with Gasteiger partial charge in [0.1, 0.15) is 24.2 Å². The maximum atomic E-state index is 13.8. The van der Waals surface area contributed by atoms with Crippen LogP contribution in [0, 0.1) is 37.9 Å². The van der Waals surface area contributed by atoms with Crippen LogP contribution in [0.25, 0.3) is 17.1 Å². The van der Waals surface area contributed by atoms with Gasteiger partial charge in [-0.25, -0.2) is 4.39 Å². The molecule has 0 radical (unpaired) electrons. The van der Waals surface area contributed by atoms with Crippen molar-refractivity contribution in [1.29, 1.82) is 5.26 Å². The number of benzene rings is 2.